The Kier molecular flexibility index (Phi) is 6.51. The molecule has 2 aliphatic rings. The lowest BCUT2D eigenvalue weighted by atomic mass is 10.0. The third kappa shape index (κ3) is 4.72. The van der Waals surface area contributed by atoms with E-state index in [4.69, 9.17) is 21.4 Å². The first-order chi connectivity index (χ1) is 18.6. The SMILES string of the molecule is O=[N+]([O-])c1ccc(-c2ccc([C@@H]3[C@@H](c4ccccn4)NC(=S)N3c3ccc(OC4CCCC4)cc3)o2)cc1. The molecule has 2 atom stereocenters. The number of nitro groups is 1. The Bertz CT molecular complexity index is 1430. The van der Waals surface area contributed by atoms with Crippen molar-refractivity contribution in [3.05, 3.63) is 107 Å². The molecule has 6 rings (SSSR count). The van der Waals surface area contributed by atoms with E-state index in [-0.39, 0.29) is 23.9 Å². The Hall–Kier alpha value is -4.24. The predicted molar refractivity (Wildman–Crippen MR) is 148 cm³/mol. The number of aromatic nitrogens is 1. The number of ether oxygens (including phenoxy) is 1. The van der Waals surface area contributed by atoms with Crippen LogP contribution < -0.4 is 15.0 Å². The second-order valence-electron chi connectivity index (χ2n) is 9.52. The first-order valence-corrected chi connectivity index (χ1v) is 13.1. The van der Waals surface area contributed by atoms with E-state index in [1.807, 2.05) is 59.5 Å². The normalized spacial score (nSPS) is 19.5. The van der Waals surface area contributed by atoms with Crippen molar-refractivity contribution in [1.29, 1.82) is 0 Å². The molecule has 1 saturated heterocycles. The van der Waals surface area contributed by atoms with Crippen molar-refractivity contribution in [3.8, 4) is 17.1 Å². The first-order valence-electron chi connectivity index (χ1n) is 12.7. The highest BCUT2D eigenvalue weighted by atomic mass is 32.1. The van der Waals surface area contributed by atoms with Crippen LogP contribution in [0.15, 0.2) is 89.5 Å². The number of nitrogens with one attached hydrogen (secondary N) is 1. The highest BCUT2D eigenvalue weighted by Crippen LogP contribution is 2.43. The van der Waals surface area contributed by atoms with Crippen molar-refractivity contribution in [1.82, 2.24) is 10.3 Å². The number of anilines is 1. The van der Waals surface area contributed by atoms with Crippen LogP contribution in [0.5, 0.6) is 5.75 Å². The fourth-order valence-electron chi connectivity index (χ4n) is 5.22. The molecule has 1 N–H and O–H groups in total. The lowest BCUT2D eigenvalue weighted by molar-refractivity contribution is -0.384. The van der Waals surface area contributed by atoms with Gasteiger partial charge in [0.25, 0.3) is 5.69 Å². The minimum Gasteiger partial charge on any atom is -0.490 e. The monoisotopic (exact) mass is 526 g/mol. The summed E-state index contributed by atoms with van der Waals surface area (Å²) in [5, 5.41) is 15.1. The zero-order valence-electron chi connectivity index (χ0n) is 20.5. The van der Waals surface area contributed by atoms with Gasteiger partial charge in [0, 0.05) is 29.6 Å². The summed E-state index contributed by atoms with van der Waals surface area (Å²) in [7, 11) is 0. The van der Waals surface area contributed by atoms with E-state index in [0.717, 1.165) is 35.5 Å². The van der Waals surface area contributed by atoms with Gasteiger partial charge in [-0.1, -0.05) is 6.07 Å². The highest BCUT2D eigenvalue weighted by Gasteiger charge is 2.42. The summed E-state index contributed by atoms with van der Waals surface area (Å²) in [5.41, 5.74) is 2.55. The van der Waals surface area contributed by atoms with Gasteiger partial charge < -0.3 is 19.4 Å². The molecule has 4 aromatic rings. The number of non-ortho nitro benzene ring substituents is 1. The van der Waals surface area contributed by atoms with E-state index in [1.165, 1.54) is 25.0 Å². The predicted octanol–water partition coefficient (Wildman–Crippen LogP) is 6.75. The van der Waals surface area contributed by atoms with Crippen LogP contribution in [0.2, 0.25) is 0 Å². The molecule has 0 amide bonds. The van der Waals surface area contributed by atoms with E-state index in [1.54, 1.807) is 18.3 Å². The minimum absolute atomic E-state index is 0.0348. The summed E-state index contributed by atoms with van der Waals surface area (Å²) in [6, 6.07) is 23.4. The molecule has 0 radical (unpaired) electrons. The van der Waals surface area contributed by atoms with Crippen LogP contribution in [0.3, 0.4) is 0 Å². The lowest BCUT2D eigenvalue weighted by Crippen LogP contribution is -2.29. The maximum atomic E-state index is 11.0. The zero-order chi connectivity index (χ0) is 26.1. The summed E-state index contributed by atoms with van der Waals surface area (Å²) in [5.74, 6) is 2.18. The number of pyridine rings is 1. The second-order valence-corrected chi connectivity index (χ2v) is 9.91. The molecule has 192 valence electrons. The maximum absolute atomic E-state index is 11.0. The van der Waals surface area contributed by atoms with E-state index in [9.17, 15) is 10.1 Å². The average molecular weight is 527 g/mol. The molecule has 0 unspecified atom stereocenters. The fourth-order valence-corrected chi connectivity index (χ4v) is 5.57. The number of rotatable bonds is 7. The number of furan rings is 1. The molecule has 0 spiro atoms. The molecule has 3 heterocycles. The van der Waals surface area contributed by atoms with Crippen LogP contribution in [-0.4, -0.2) is 21.1 Å². The van der Waals surface area contributed by atoms with Gasteiger partial charge in [0.2, 0.25) is 0 Å². The number of nitro benzene ring substituents is 1. The van der Waals surface area contributed by atoms with Crippen LogP contribution in [0, 0.1) is 10.1 Å². The van der Waals surface area contributed by atoms with E-state index < -0.39 is 4.92 Å². The van der Waals surface area contributed by atoms with Crippen LogP contribution in [0.25, 0.3) is 11.3 Å². The summed E-state index contributed by atoms with van der Waals surface area (Å²) < 4.78 is 12.5. The van der Waals surface area contributed by atoms with Crippen LogP contribution in [0.4, 0.5) is 11.4 Å². The van der Waals surface area contributed by atoms with E-state index in [0.29, 0.717) is 16.6 Å². The molecular weight excluding hydrogens is 500 g/mol. The first kappa shape index (κ1) is 24.1. The minimum atomic E-state index is -0.415. The molecule has 2 aromatic heterocycles. The quantitative estimate of drug-likeness (QED) is 0.161. The van der Waals surface area contributed by atoms with Gasteiger partial charge in [-0.05, 0) is 98.6 Å². The molecule has 1 saturated carbocycles. The van der Waals surface area contributed by atoms with Gasteiger partial charge in [-0.25, -0.2) is 0 Å². The Morgan fingerprint density at radius 2 is 1.76 bits per heavy atom. The van der Waals surface area contributed by atoms with E-state index in [2.05, 4.69) is 10.3 Å². The van der Waals surface area contributed by atoms with Crippen molar-refractivity contribution in [3.63, 3.8) is 0 Å². The summed E-state index contributed by atoms with van der Waals surface area (Å²) in [6.07, 6.45) is 6.70. The number of nitrogens with zero attached hydrogens (tertiary/aromatic N) is 3. The van der Waals surface area contributed by atoms with Gasteiger partial charge in [-0.3, -0.25) is 15.1 Å². The largest absolute Gasteiger partial charge is 0.490 e. The van der Waals surface area contributed by atoms with Gasteiger partial charge in [0.1, 0.15) is 23.3 Å². The molecule has 38 heavy (non-hydrogen) atoms. The standard InChI is InChI=1S/C29H26N4O4S/c34-33(35)21-10-8-19(9-11-21)25-16-17-26(37-25)28-27(24-7-3-4-18-30-24)31-29(38)32(28)20-12-14-23(15-13-20)36-22-5-1-2-6-22/h3-4,7-18,22,27-28H,1-2,5-6H2,(H,31,38)/t27-,28-/m1/s1. The Morgan fingerprint density at radius 1 is 1.00 bits per heavy atom. The molecule has 1 aliphatic carbocycles. The van der Waals surface area contributed by atoms with Crippen LogP contribution >= 0.6 is 12.2 Å². The Balaban J connectivity index is 1.33. The number of benzene rings is 2. The van der Waals surface area contributed by atoms with Crippen LogP contribution in [-0.2, 0) is 0 Å². The average Bonchev–Trinajstić information content (AvgIpc) is 3.70. The molecule has 2 aromatic carbocycles. The molecule has 0 bridgehead atoms. The molecule has 9 heteroatoms. The Morgan fingerprint density at radius 3 is 2.45 bits per heavy atom. The van der Waals surface area contributed by atoms with Gasteiger partial charge in [0.15, 0.2) is 5.11 Å². The zero-order valence-corrected chi connectivity index (χ0v) is 21.3. The van der Waals surface area contributed by atoms with Crippen molar-refractivity contribution in [2.24, 2.45) is 0 Å². The third-order valence-corrected chi connectivity index (χ3v) is 7.41. The molecule has 8 nitrogen and oxygen atoms in total. The third-order valence-electron chi connectivity index (χ3n) is 7.10. The second kappa shape index (κ2) is 10.3. The number of hydrogen-bond donors (Lipinski definition) is 1. The lowest BCUT2D eigenvalue weighted by Gasteiger charge is -2.26. The van der Waals surface area contributed by atoms with Gasteiger partial charge in [-0.15, -0.1) is 0 Å². The molecule has 2 fully saturated rings. The van der Waals surface area contributed by atoms with E-state index >= 15 is 0 Å². The maximum Gasteiger partial charge on any atom is 0.269 e. The van der Waals surface area contributed by atoms with Crippen molar-refractivity contribution in [2.75, 3.05) is 4.90 Å². The number of hydrogen-bond acceptors (Lipinski definition) is 6. The van der Waals surface area contributed by atoms with Gasteiger partial charge in [0.05, 0.1) is 22.8 Å². The molecule has 1 aliphatic heterocycles. The summed E-state index contributed by atoms with van der Waals surface area (Å²) in [4.78, 5) is 17.3. The van der Waals surface area contributed by atoms with Crippen molar-refractivity contribution < 1.29 is 14.1 Å². The van der Waals surface area contributed by atoms with Gasteiger partial charge >= 0.3 is 0 Å². The summed E-state index contributed by atoms with van der Waals surface area (Å²) in [6.45, 7) is 0. The number of thiocarbonyl (C=S) groups is 1. The summed E-state index contributed by atoms with van der Waals surface area (Å²) >= 11 is 5.81. The topological polar surface area (TPSA) is 93.7 Å². The Labute approximate surface area is 225 Å². The fraction of sp³-hybridized carbons (Fsp3) is 0.241. The highest BCUT2D eigenvalue weighted by molar-refractivity contribution is 7.80. The smallest absolute Gasteiger partial charge is 0.269 e. The molecular formula is C29H26N4O4S. The van der Waals surface area contributed by atoms with Crippen molar-refractivity contribution >= 4 is 28.7 Å². The van der Waals surface area contributed by atoms with Crippen LogP contribution in [0.1, 0.15) is 49.2 Å². The van der Waals surface area contributed by atoms with Crippen molar-refractivity contribution in [2.45, 2.75) is 43.9 Å². The van der Waals surface area contributed by atoms with Gasteiger partial charge in [-0.2, -0.15) is 0 Å².